The summed E-state index contributed by atoms with van der Waals surface area (Å²) in [6.45, 7) is 0.136. The number of nitrogens with zero attached hydrogens (tertiary/aromatic N) is 2. The van der Waals surface area contributed by atoms with Crippen LogP contribution in [-0.2, 0) is 16.6 Å². The van der Waals surface area contributed by atoms with Crippen molar-refractivity contribution >= 4 is 15.7 Å². The van der Waals surface area contributed by atoms with Crippen LogP contribution in [0.1, 0.15) is 5.56 Å². The van der Waals surface area contributed by atoms with E-state index >= 15 is 0 Å². The van der Waals surface area contributed by atoms with Crippen LogP contribution in [0.3, 0.4) is 0 Å². The third-order valence-corrected chi connectivity index (χ3v) is 5.44. The van der Waals surface area contributed by atoms with Crippen molar-refractivity contribution in [2.75, 3.05) is 26.0 Å². The van der Waals surface area contributed by atoms with E-state index in [2.05, 4.69) is 4.74 Å². The van der Waals surface area contributed by atoms with Gasteiger partial charge >= 0.3 is 6.36 Å². The molecular formula is C17H19F3N2O3S. The minimum absolute atomic E-state index is 0.112. The highest BCUT2D eigenvalue weighted by molar-refractivity contribution is 7.89. The van der Waals surface area contributed by atoms with Crippen molar-refractivity contribution in [2.24, 2.45) is 0 Å². The van der Waals surface area contributed by atoms with Crippen molar-refractivity contribution < 1.29 is 26.3 Å². The van der Waals surface area contributed by atoms with Crippen molar-refractivity contribution in [1.29, 1.82) is 0 Å². The average molecular weight is 388 g/mol. The molecule has 0 saturated heterocycles. The van der Waals surface area contributed by atoms with E-state index in [9.17, 15) is 21.6 Å². The second-order valence-electron chi connectivity index (χ2n) is 5.84. The van der Waals surface area contributed by atoms with Gasteiger partial charge < -0.3 is 9.64 Å². The molecule has 0 amide bonds. The van der Waals surface area contributed by atoms with Gasteiger partial charge in [-0.1, -0.05) is 12.1 Å². The minimum atomic E-state index is -4.82. The number of benzene rings is 2. The number of hydrogen-bond donors (Lipinski definition) is 0. The molecule has 9 heteroatoms. The van der Waals surface area contributed by atoms with Gasteiger partial charge in [-0.2, -0.15) is 4.31 Å². The van der Waals surface area contributed by atoms with Crippen LogP contribution in [-0.4, -0.2) is 40.2 Å². The summed E-state index contributed by atoms with van der Waals surface area (Å²) in [7, 11) is 1.38. The fraction of sp³-hybridized carbons (Fsp3) is 0.294. The number of sulfonamides is 1. The summed E-state index contributed by atoms with van der Waals surface area (Å²) in [6, 6.07) is 11.5. The largest absolute Gasteiger partial charge is 0.573 e. The number of ether oxygens (including phenoxy) is 1. The molecule has 0 bridgehead atoms. The highest BCUT2D eigenvalue weighted by atomic mass is 32.2. The van der Waals surface area contributed by atoms with E-state index in [4.69, 9.17) is 0 Å². The molecule has 0 aliphatic heterocycles. The van der Waals surface area contributed by atoms with Crippen molar-refractivity contribution in [3.8, 4) is 5.75 Å². The Kier molecular flexibility index (Phi) is 5.82. The van der Waals surface area contributed by atoms with Crippen LogP contribution in [0.5, 0.6) is 5.75 Å². The number of alkyl halides is 3. The van der Waals surface area contributed by atoms with Crippen molar-refractivity contribution in [3.63, 3.8) is 0 Å². The Morgan fingerprint density at radius 1 is 0.923 bits per heavy atom. The summed E-state index contributed by atoms with van der Waals surface area (Å²) in [6.07, 6.45) is -4.82. The summed E-state index contributed by atoms with van der Waals surface area (Å²) < 4.78 is 66.5. The van der Waals surface area contributed by atoms with E-state index < -0.39 is 22.1 Å². The molecule has 2 aromatic carbocycles. The van der Waals surface area contributed by atoms with Crippen LogP contribution in [0, 0.1) is 0 Å². The first-order valence-electron chi connectivity index (χ1n) is 7.57. The minimum Gasteiger partial charge on any atom is -0.406 e. The molecular weight excluding hydrogens is 369 g/mol. The molecule has 5 nitrogen and oxygen atoms in total. The zero-order valence-electron chi connectivity index (χ0n) is 14.5. The average Bonchev–Trinajstić information content (AvgIpc) is 2.54. The van der Waals surface area contributed by atoms with Gasteiger partial charge in [0.1, 0.15) is 5.75 Å². The Labute approximate surface area is 150 Å². The molecule has 0 unspecified atom stereocenters. The second-order valence-corrected chi connectivity index (χ2v) is 7.89. The third kappa shape index (κ3) is 5.12. The molecule has 0 N–H and O–H groups in total. The monoisotopic (exact) mass is 388 g/mol. The number of halogens is 3. The van der Waals surface area contributed by atoms with Crippen LogP contribution in [0.25, 0.3) is 0 Å². The van der Waals surface area contributed by atoms with Crippen molar-refractivity contribution in [1.82, 2.24) is 4.31 Å². The SMILES string of the molecule is CN(C)c1ccc(CN(C)S(=O)(=O)c2ccc(OC(F)(F)F)cc2)cc1. The first-order valence-corrected chi connectivity index (χ1v) is 9.01. The molecule has 0 saturated carbocycles. The Bertz CT molecular complexity index is 833. The van der Waals surface area contributed by atoms with E-state index in [1.54, 1.807) is 0 Å². The highest BCUT2D eigenvalue weighted by Gasteiger charge is 2.31. The Morgan fingerprint density at radius 2 is 1.46 bits per heavy atom. The molecule has 142 valence electrons. The molecule has 0 aliphatic carbocycles. The maximum absolute atomic E-state index is 12.6. The molecule has 0 aromatic heterocycles. The van der Waals surface area contributed by atoms with Crippen LogP contribution < -0.4 is 9.64 Å². The van der Waals surface area contributed by atoms with Gasteiger partial charge in [-0.05, 0) is 42.0 Å². The number of hydrogen-bond acceptors (Lipinski definition) is 4. The first-order chi connectivity index (χ1) is 12.0. The molecule has 2 aromatic rings. The predicted octanol–water partition coefficient (Wildman–Crippen LogP) is 3.47. The van der Waals surface area contributed by atoms with Crippen LogP contribution in [0.2, 0.25) is 0 Å². The lowest BCUT2D eigenvalue weighted by Gasteiger charge is -2.18. The maximum atomic E-state index is 12.6. The molecule has 0 spiro atoms. The number of anilines is 1. The van der Waals surface area contributed by atoms with E-state index in [1.165, 1.54) is 7.05 Å². The quantitative estimate of drug-likeness (QED) is 0.760. The lowest BCUT2D eigenvalue weighted by molar-refractivity contribution is -0.274. The molecule has 0 aliphatic rings. The summed E-state index contributed by atoms with van der Waals surface area (Å²) in [5, 5.41) is 0. The topological polar surface area (TPSA) is 49.9 Å². The smallest absolute Gasteiger partial charge is 0.406 e. The Hall–Kier alpha value is -2.26. The summed E-state index contributed by atoms with van der Waals surface area (Å²) >= 11 is 0. The fourth-order valence-electron chi connectivity index (χ4n) is 2.23. The van der Waals surface area contributed by atoms with E-state index in [0.29, 0.717) is 0 Å². The van der Waals surface area contributed by atoms with Gasteiger partial charge in [0, 0.05) is 33.4 Å². The van der Waals surface area contributed by atoms with Gasteiger partial charge in [0.05, 0.1) is 4.90 Å². The van der Waals surface area contributed by atoms with E-state index in [0.717, 1.165) is 39.8 Å². The summed E-state index contributed by atoms with van der Waals surface area (Å²) in [5.74, 6) is -0.474. The summed E-state index contributed by atoms with van der Waals surface area (Å²) in [4.78, 5) is 1.81. The first kappa shape index (κ1) is 20.1. The zero-order valence-corrected chi connectivity index (χ0v) is 15.3. The lowest BCUT2D eigenvalue weighted by Crippen LogP contribution is -2.26. The van der Waals surface area contributed by atoms with Gasteiger partial charge in [0.15, 0.2) is 0 Å². The Balaban J connectivity index is 2.13. The Morgan fingerprint density at radius 3 is 1.92 bits per heavy atom. The van der Waals surface area contributed by atoms with Crippen LogP contribution in [0.4, 0.5) is 18.9 Å². The van der Waals surface area contributed by atoms with Gasteiger partial charge in [-0.25, -0.2) is 8.42 Å². The van der Waals surface area contributed by atoms with E-state index in [-0.39, 0.29) is 11.4 Å². The number of rotatable bonds is 6. The molecule has 26 heavy (non-hydrogen) atoms. The molecule has 0 atom stereocenters. The predicted molar refractivity (Wildman–Crippen MR) is 92.5 cm³/mol. The molecule has 0 fully saturated rings. The lowest BCUT2D eigenvalue weighted by atomic mass is 10.2. The van der Waals surface area contributed by atoms with Crippen LogP contribution >= 0.6 is 0 Å². The molecule has 0 radical (unpaired) electrons. The fourth-order valence-corrected chi connectivity index (χ4v) is 3.39. The van der Waals surface area contributed by atoms with Gasteiger partial charge in [-0.15, -0.1) is 13.2 Å². The van der Waals surface area contributed by atoms with E-state index in [1.807, 2.05) is 43.3 Å². The van der Waals surface area contributed by atoms with Crippen molar-refractivity contribution in [3.05, 3.63) is 54.1 Å². The molecule has 2 rings (SSSR count). The van der Waals surface area contributed by atoms with Crippen molar-refractivity contribution in [2.45, 2.75) is 17.8 Å². The van der Waals surface area contributed by atoms with Gasteiger partial charge in [0.2, 0.25) is 10.0 Å². The summed E-state index contributed by atoms with van der Waals surface area (Å²) in [5.41, 5.74) is 1.78. The van der Waals surface area contributed by atoms with Gasteiger partial charge in [0.25, 0.3) is 0 Å². The standard InChI is InChI=1S/C17H19F3N2O3S/c1-21(2)14-6-4-13(5-7-14)12-22(3)26(23,24)16-10-8-15(9-11-16)25-17(18,19)20/h4-11H,12H2,1-3H3. The van der Waals surface area contributed by atoms with Gasteiger partial charge in [-0.3, -0.25) is 0 Å². The van der Waals surface area contributed by atoms with Crippen LogP contribution in [0.15, 0.2) is 53.4 Å². The molecule has 0 heterocycles. The second kappa shape index (κ2) is 7.55. The maximum Gasteiger partial charge on any atom is 0.573 e. The third-order valence-electron chi connectivity index (χ3n) is 3.62. The normalized spacial score (nSPS) is 12.3. The zero-order chi connectivity index (χ0) is 19.5. The highest BCUT2D eigenvalue weighted by Crippen LogP contribution is 2.25.